The number of tetrazole rings is 1. The summed E-state index contributed by atoms with van der Waals surface area (Å²) in [5.74, 6) is -1.41. The number of aryl methyl sites for hydroxylation is 1. The number of nitrogens with one attached hydrogen (secondary N) is 4. The van der Waals surface area contributed by atoms with Gasteiger partial charge in [0.15, 0.2) is 0 Å². The van der Waals surface area contributed by atoms with Gasteiger partial charge in [-0.25, -0.2) is 8.42 Å². The number of amides is 2. The molecular formula is C27H25ClN8O4S2. The topological polar surface area (TPSA) is 164 Å². The number of sulfonamides is 1. The molecule has 3 aromatic carbocycles. The molecule has 5 rings (SSSR count). The molecule has 12 nitrogen and oxygen atoms in total. The van der Waals surface area contributed by atoms with Crippen LogP contribution in [-0.4, -0.2) is 57.2 Å². The lowest BCUT2D eigenvalue weighted by atomic mass is 10.1. The van der Waals surface area contributed by atoms with Gasteiger partial charge in [-0.3, -0.25) is 20.4 Å². The first-order chi connectivity index (χ1) is 20.2. The van der Waals surface area contributed by atoms with Crippen molar-refractivity contribution < 1.29 is 18.0 Å². The Kier molecular flexibility index (Phi) is 8.87. The van der Waals surface area contributed by atoms with Gasteiger partial charge in [0.05, 0.1) is 16.3 Å². The number of H-pyrrole nitrogens is 1. The molecule has 0 fully saturated rings. The zero-order valence-electron chi connectivity index (χ0n) is 22.1. The molecule has 0 aliphatic rings. The van der Waals surface area contributed by atoms with Crippen LogP contribution in [0.5, 0.6) is 0 Å². The molecule has 0 unspecified atom stereocenters. The standard InChI is InChI=1S/C27H25ClN8O4S2/c1-17-6-2-5-9-24(17)36-27(32-34-35-36)41-16-25(37)30-31-26(38)23(14-18-15-29-22-8-4-3-7-21(18)22)33-42(39,40)20-12-10-19(28)11-13-20/h2-13,15,23,29,33H,14,16H2,1H3,(H,30,37)(H,31,38)/t23-/m1/s1. The van der Waals surface area contributed by atoms with E-state index >= 15 is 0 Å². The number of rotatable bonds is 10. The summed E-state index contributed by atoms with van der Waals surface area (Å²) in [5, 5.41) is 13.3. The smallest absolute Gasteiger partial charge is 0.256 e. The lowest BCUT2D eigenvalue weighted by Gasteiger charge is -2.19. The average Bonchev–Trinajstić information content (AvgIpc) is 3.62. The first-order valence-electron chi connectivity index (χ1n) is 12.6. The van der Waals surface area contributed by atoms with Crippen molar-refractivity contribution in [3.05, 3.63) is 95.1 Å². The Bertz CT molecular complexity index is 1840. The maximum atomic E-state index is 13.3. The molecule has 4 N–H and O–H groups in total. The molecule has 2 aromatic heterocycles. The van der Waals surface area contributed by atoms with E-state index in [1.165, 1.54) is 28.9 Å². The summed E-state index contributed by atoms with van der Waals surface area (Å²) >= 11 is 6.98. The first kappa shape index (κ1) is 29.3. The average molecular weight is 625 g/mol. The van der Waals surface area contributed by atoms with E-state index in [0.717, 1.165) is 39.5 Å². The molecular weight excluding hydrogens is 600 g/mol. The van der Waals surface area contributed by atoms with Crippen LogP contribution in [0, 0.1) is 6.92 Å². The monoisotopic (exact) mass is 624 g/mol. The van der Waals surface area contributed by atoms with Crippen LogP contribution in [-0.2, 0) is 26.0 Å². The van der Waals surface area contributed by atoms with E-state index in [-0.39, 0.29) is 17.1 Å². The molecule has 2 heterocycles. The Hall–Kier alpha value is -4.24. The van der Waals surface area contributed by atoms with Crippen molar-refractivity contribution in [2.24, 2.45) is 0 Å². The molecule has 1 atom stereocenters. The summed E-state index contributed by atoms with van der Waals surface area (Å²) < 4.78 is 30.3. The van der Waals surface area contributed by atoms with Gasteiger partial charge in [0, 0.05) is 22.1 Å². The first-order valence-corrected chi connectivity index (χ1v) is 15.4. The van der Waals surface area contributed by atoms with E-state index in [1.807, 2.05) is 55.5 Å². The normalized spacial score (nSPS) is 12.2. The highest BCUT2D eigenvalue weighted by Crippen LogP contribution is 2.22. The minimum atomic E-state index is -4.11. The van der Waals surface area contributed by atoms with Crippen LogP contribution in [0.25, 0.3) is 16.6 Å². The summed E-state index contributed by atoms with van der Waals surface area (Å²) in [5.41, 5.74) is 7.97. The van der Waals surface area contributed by atoms with Crippen molar-refractivity contribution in [2.75, 3.05) is 5.75 Å². The Labute approximate surface area is 250 Å². The van der Waals surface area contributed by atoms with Crippen LogP contribution in [0.1, 0.15) is 11.1 Å². The summed E-state index contributed by atoms with van der Waals surface area (Å²) in [4.78, 5) is 28.9. The van der Waals surface area contributed by atoms with Crippen LogP contribution in [0.2, 0.25) is 5.02 Å². The van der Waals surface area contributed by atoms with Crippen molar-refractivity contribution in [1.82, 2.24) is 40.8 Å². The van der Waals surface area contributed by atoms with Gasteiger partial charge in [0.25, 0.3) is 5.91 Å². The molecule has 0 spiro atoms. The van der Waals surface area contributed by atoms with Gasteiger partial charge in [0.1, 0.15) is 6.04 Å². The van der Waals surface area contributed by atoms with Crippen molar-refractivity contribution >= 4 is 56.1 Å². The predicted octanol–water partition coefficient (Wildman–Crippen LogP) is 2.93. The number of fused-ring (bicyclic) bond motifs is 1. The fourth-order valence-electron chi connectivity index (χ4n) is 4.18. The Morgan fingerprint density at radius 2 is 1.76 bits per heavy atom. The summed E-state index contributed by atoms with van der Waals surface area (Å²) in [6.45, 7) is 1.92. The number of benzene rings is 3. The third kappa shape index (κ3) is 6.79. The Morgan fingerprint density at radius 1 is 1.02 bits per heavy atom. The second-order valence-corrected chi connectivity index (χ2v) is 12.3. The zero-order chi connectivity index (χ0) is 29.7. The molecule has 42 heavy (non-hydrogen) atoms. The van der Waals surface area contributed by atoms with Gasteiger partial charge in [0.2, 0.25) is 21.1 Å². The maximum absolute atomic E-state index is 13.3. The van der Waals surface area contributed by atoms with Gasteiger partial charge in [-0.15, -0.1) is 5.10 Å². The summed E-state index contributed by atoms with van der Waals surface area (Å²) in [6.07, 6.45) is 1.73. The highest BCUT2D eigenvalue weighted by Gasteiger charge is 2.27. The fraction of sp³-hybridized carbons (Fsp3) is 0.148. The van der Waals surface area contributed by atoms with Crippen molar-refractivity contribution in [1.29, 1.82) is 0 Å². The maximum Gasteiger partial charge on any atom is 0.256 e. The van der Waals surface area contributed by atoms with E-state index in [9.17, 15) is 18.0 Å². The van der Waals surface area contributed by atoms with Crippen molar-refractivity contribution in [3.63, 3.8) is 0 Å². The summed E-state index contributed by atoms with van der Waals surface area (Å²) in [6, 6.07) is 19.3. The van der Waals surface area contributed by atoms with Crippen molar-refractivity contribution in [3.8, 4) is 5.69 Å². The minimum Gasteiger partial charge on any atom is -0.361 e. The van der Waals surface area contributed by atoms with E-state index < -0.39 is 27.9 Å². The molecule has 0 aliphatic heterocycles. The Balaban J connectivity index is 1.27. The highest BCUT2D eigenvalue weighted by molar-refractivity contribution is 7.99. The number of aromatic amines is 1. The van der Waals surface area contributed by atoms with Gasteiger partial charge >= 0.3 is 0 Å². The molecule has 2 amide bonds. The molecule has 15 heteroatoms. The largest absolute Gasteiger partial charge is 0.361 e. The van der Waals surface area contributed by atoms with Crippen molar-refractivity contribution in [2.45, 2.75) is 29.4 Å². The van der Waals surface area contributed by atoms with Crippen LogP contribution in [0.15, 0.2) is 89.0 Å². The van der Waals surface area contributed by atoms with Gasteiger partial charge < -0.3 is 4.98 Å². The molecule has 0 saturated heterocycles. The van der Waals surface area contributed by atoms with E-state index in [4.69, 9.17) is 11.6 Å². The number of hydrogen-bond donors (Lipinski definition) is 4. The SMILES string of the molecule is Cc1ccccc1-n1nnnc1SCC(=O)NNC(=O)[C@@H](Cc1c[nH]c2ccccc12)NS(=O)(=O)c1ccc(Cl)cc1. The third-order valence-corrected chi connectivity index (χ3v) is 8.94. The minimum absolute atomic E-state index is 0.0124. The van der Waals surface area contributed by atoms with Crippen LogP contribution >= 0.6 is 23.4 Å². The second-order valence-electron chi connectivity index (χ2n) is 9.18. The molecule has 0 aliphatic carbocycles. The van der Waals surface area contributed by atoms with Crippen LogP contribution in [0.4, 0.5) is 0 Å². The number of hydrogen-bond acceptors (Lipinski definition) is 8. The molecule has 216 valence electrons. The molecule has 5 aromatic rings. The number of para-hydroxylation sites is 2. The van der Waals surface area contributed by atoms with Gasteiger partial charge in [-0.2, -0.15) is 9.40 Å². The highest BCUT2D eigenvalue weighted by atomic mass is 35.5. The number of nitrogens with zero attached hydrogens (tertiary/aromatic N) is 4. The predicted molar refractivity (Wildman–Crippen MR) is 158 cm³/mol. The molecule has 0 saturated carbocycles. The number of carbonyl (C=O) groups excluding carboxylic acids is 2. The lowest BCUT2D eigenvalue weighted by molar-refractivity contribution is -0.128. The third-order valence-electron chi connectivity index (χ3n) is 6.28. The molecule has 0 bridgehead atoms. The van der Waals surface area contributed by atoms with Crippen LogP contribution < -0.4 is 15.6 Å². The number of carbonyl (C=O) groups is 2. The summed E-state index contributed by atoms with van der Waals surface area (Å²) in [7, 11) is -4.11. The van der Waals surface area contributed by atoms with Gasteiger partial charge in [-0.05, 0) is 71.3 Å². The zero-order valence-corrected chi connectivity index (χ0v) is 24.5. The van der Waals surface area contributed by atoms with Gasteiger partial charge in [-0.1, -0.05) is 59.8 Å². The van der Waals surface area contributed by atoms with E-state index in [0.29, 0.717) is 10.2 Å². The van der Waals surface area contributed by atoms with E-state index in [2.05, 4.69) is 36.1 Å². The number of hydrazine groups is 1. The second kappa shape index (κ2) is 12.7. The number of aromatic nitrogens is 5. The number of thioether (sulfide) groups is 1. The van der Waals surface area contributed by atoms with E-state index in [1.54, 1.807) is 6.20 Å². The fourth-order valence-corrected chi connectivity index (χ4v) is 6.19. The number of halogens is 1. The quantitative estimate of drug-likeness (QED) is 0.136. The lowest BCUT2D eigenvalue weighted by Crippen LogP contribution is -2.53. The Morgan fingerprint density at radius 3 is 2.55 bits per heavy atom. The van der Waals surface area contributed by atoms with Crippen LogP contribution in [0.3, 0.4) is 0 Å². The molecule has 0 radical (unpaired) electrons.